The Morgan fingerprint density at radius 2 is 0.227 bits per heavy atom. The average molecular weight is 1060 g/mol. The van der Waals surface area contributed by atoms with Crippen LogP contribution in [0.25, 0.3) is 0 Å². The van der Waals surface area contributed by atoms with E-state index < -0.39 is 5.97 Å². The number of unbranched alkanes of at least 4 members (excludes halogenated alkanes) is 68. The van der Waals surface area contributed by atoms with Crippen LogP contribution in [0.5, 0.6) is 0 Å². The molecule has 0 aliphatic heterocycles. The predicted molar refractivity (Wildman–Crippen MR) is 338 cm³/mol. The van der Waals surface area contributed by atoms with Gasteiger partial charge in [-0.3, -0.25) is 4.79 Å². The first-order valence-electron chi connectivity index (χ1n) is 36.1. The van der Waals surface area contributed by atoms with Crippen molar-refractivity contribution in [3.63, 3.8) is 0 Å². The monoisotopic (exact) mass is 1060 g/mol. The van der Waals surface area contributed by atoms with E-state index in [0.717, 1.165) is 19.3 Å². The molecule has 0 aliphatic carbocycles. The zero-order valence-corrected chi connectivity index (χ0v) is 52.0. The van der Waals surface area contributed by atoms with Crippen molar-refractivity contribution in [2.45, 2.75) is 449 Å². The van der Waals surface area contributed by atoms with Gasteiger partial charge in [0, 0.05) is 13.0 Å². The van der Waals surface area contributed by atoms with Gasteiger partial charge in [0.25, 0.3) is 0 Å². The molecule has 0 spiro atoms. The Balaban J connectivity index is 3.08. The molecule has 3 heteroatoms. The second-order valence-electron chi connectivity index (χ2n) is 25.3. The number of carboxylic acid groups (broad SMARTS) is 1. The summed E-state index contributed by atoms with van der Waals surface area (Å²) in [4.78, 5) is 10.5. The molecule has 2 N–H and O–H groups in total. The molecular formula is C72H144O3. The van der Waals surface area contributed by atoms with E-state index in [-0.39, 0.29) is 0 Å². The zero-order valence-electron chi connectivity index (χ0n) is 52.0. The van der Waals surface area contributed by atoms with Gasteiger partial charge in [-0.2, -0.15) is 0 Å². The van der Waals surface area contributed by atoms with Gasteiger partial charge in [0.1, 0.15) is 0 Å². The molecule has 0 saturated carbocycles. The third-order valence-corrected chi connectivity index (χ3v) is 17.5. The van der Waals surface area contributed by atoms with Crippen LogP contribution in [0, 0.1) is 0 Å². The van der Waals surface area contributed by atoms with Gasteiger partial charge in [-0.05, 0) is 12.8 Å². The fraction of sp³-hybridized carbons (Fsp3) is 0.986. The minimum absolute atomic E-state index is 0.346. The lowest BCUT2D eigenvalue weighted by atomic mass is 10.0. The van der Waals surface area contributed by atoms with Gasteiger partial charge in [0.2, 0.25) is 0 Å². The van der Waals surface area contributed by atoms with Crippen molar-refractivity contribution in [3.8, 4) is 0 Å². The minimum Gasteiger partial charge on any atom is -0.481 e. The molecule has 0 bridgehead atoms. The molecule has 0 radical (unpaired) electrons. The molecule has 0 aliphatic rings. The van der Waals surface area contributed by atoms with E-state index in [2.05, 4.69) is 0 Å². The first-order chi connectivity index (χ1) is 37.3. The lowest BCUT2D eigenvalue weighted by molar-refractivity contribution is -0.137. The van der Waals surface area contributed by atoms with Crippen LogP contribution in [0.3, 0.4) is 0 Å². The van der Waals surface area contributed by atoms with E-state index >= 15 is 0 Å². The molecule has 0 saturated heterocycles. The van der Waals surface area contributed by atoms with Crippen LogP contribution in [0.4, 0.5) is 0 Å². The summed E-state index contributed by atoms with van der Waals surface area (Å²) in [6.07, 6.45) is 99.4. The minimum atomic E-state index is -0.646. The van der Waals surface area contributed by atoms with Crippen molar-refractivity contribution in [3.05, 3.63) is 0 Å². The van der Waals surface area contributed by atoms with Crippen LogP contribution >= 0.6 is 0 Å². The second-order valence-corrected chi connectivity index (χ2v) is 25.3. The van der Waals surface area contributed by atoms with E-state index in [4.69, 9.17) is 10.2 Å². The first-order valence-corrected chi connectivity index (χ1v) is 36.1. The summed E-state index contributed by atoms with van der Waals surface area (Å²) in [5, 5.41) is 17.5. The van der Waals surface area contributed by atoms with Crippen LogP contribution < -0.4 is 0 Å². The summed E-state index contributed by atoms with van der Waals surface area (Å²) in [7, 11) is 0. The fourth-order valence-electron chi connectivity index (χ4n) is 12.2. The predicted octanol–water partition coefficient (Wildman–Crippen LogP) is 26.4. The van der Waals surface area contributed by atoms with Gasteiger partial charge in [-0.25, -0.2) is 0 Å². The van der Waals surface area contributed by atoms with Gasteiger partial charge in [-0.1, -0.05) is 430 Å². The third-order valence-electron chi connectivity index (χ3n) is 17.5. The highest BCUT2D eigenvalue weighted by Crippen LogP contribution is 2.21. The maximum Gasteiger partial charge on any atom is 0.303 e. The number of hydrogen-bond acceptors (Lipinski definition) is 2. The number of aliphatic carboxylic acids is 1. The van der Waals surface area contributed by atoms with Crippen molar-refractivity contribution >= 4 is 5.97 Å². The summed E-state index contributed by atoms with van der Waals surface area (Å²) in [6.45, 7) is 0.373. The summed E-state index contributed by atoms with van der Waals surface area (Å²) < 4.78 is 0. The maximum atomic E-state index is 10.5. The van der Waals surface area contributed by atoms with E-state index in [0.29, 0.717) is 13.0 Å². The number of aliphatic hydroxyl groups is 1. The Labute approximate surface area is 474 Å². The molecule has 0 rings (SSSR count). The topological polar surface area (TPSA) is 57.5 Å². The van der Waals surface area contributed by atoms with Crippen molar-refractivity contribution < 1.29 is 15.0 Å². The molecule has 0 aromatic carbocycles. The van der Waals surface area contributed by atoms with E-state index in [1.54, 1.807) is 0 Å². The van der Waals surface area contributed by atoms with Crippen molar-refractivity contribution in [2.75, 3.05) is 6.61 Å². The lowest BCUT2D eigenvalue weighted by Gasteiger charge is -2.05. The standard InChI is InChI=1S/C72H144O3/c73-71-69-67-65-63-61-59-57-55-53-51-49-47-45-43-41-39-37-35-33-31-29-27-25-23-21-19-17-15-13-11-9-7-5-3-1-2-4-6-8-10-12-14-16-18-20-22-24-26-28-30-32-34-36-38-40-42-44-46-48-50-52-54-56-58-60-62-64-66-68-70-72(74)75/h73H,1-71H2,(H,74,75). The highest BCUT2D eigenvalue weighted by molar-refractivity contribution is 5.66. The zero-order chi connectivity index (χ0) is 53.8. The van der Waals surface area contributed by atoms with Gasteiger partial charge in [-0.15, -0.1) is 0 Å². The Hall–Kier alpha value is -0.570. The number of carbonyl (C=O) groups is 1. The van der Waals surface area contributed by atoms with Crippen LogP contribution in [-0.2, 0) is 4.79 Å². The number of aliphatic hydroxyl groups excluding tert-OH is 1. The smallest absolute Gasteiger partial charge is 0.303 e. The maximum absolute atomic E-state index is 10.5. The molecule has 0 aromatic rings. The first kappa shape index (κ1) is 74.4. The van der Waals surface area contributed by atoms with E-state index in [9.17, 15) is 4.79 Å². The molecule has 0 atom stereocenters. The Bertz CT molecular complexity index is 979. The molecule has 450 valence electrons. The van der Waals surface area contributed by atoms with Crippen molar-refractivity contribution in [2.24, 2.45) is 0 Å². The van der Waals surface area contributed by atoms with Crippen LogP contribution in [0.15, 0.2) is 0 Å². The van der Waals surface area contributed by atoms with Gasteiger partial charge in [0.05, 0.1) is 0 Å². The molecular weight excluding hydrogens is 913 g/mol. The van der Waals surface area contributed by atoms with Crippen molar-refractivity contribution in [1.29, 1.82) is 0 Å². The summed E-state index contributed by atoms with van der Waals surface area (Å²) in [5.41, 5.74) is 0. The molecule has 0 fully saturated rings. The van der Waals surface area contributed by atoms with E-state index in [1.165, 1.54) is 424 Å². The molecule has 0 amide bonds. The lowest BCUT2D eigenvalue weighted by Crippen LogP contribution is -1.93. The Morgan fingerprint density at radius 1 is 0.147 bits per heavy atom. The molecule has 0 unspecified atom stereocenters. The second kappa shape index (κ2) is 71.4. The quantitative estimate of drug-likeness (QED) is 0.0597. The molecule has 0 heterocycles. The molecule has 3 nitrogen and oxygen atoms in total. The van der Waals surface area contributed by atoms with Crippen LogP contribution in [-0.4, -0.2) is 22.8 Å². The fourth-order valence-corrected chi connectivity index (χ4v) is 12.2. The summed E-state index contributed by atoms with van der Waals surface area (Å²) in [5.74, 6) is -0.646. The van der Waals surface area contributed by atoms with Gasteiger partial charge < -0.3 is 10.2 Å². The number of carboxylic acids is 1. The highest BCUT2D eigenvalue weighted by atomic mass is 16.4. The van der Waals surface area contributed by atoms with Gasteiger partial charge >= 0.3 is 5.97 Å². The summed E-state index contributed by atoms with van der Waals surface area (Å²) in [6, 6.07) is 0. The van der Waals surface area contributed by atoms with E-state index in [1.807, 2.05) is 0 Å². The molecule has 0 aromatic heterocycles. The number of hydrogen-bond donors (Lipinski definition) is 2. The summed E-state index contributed by atoms with van der Waals surface area (Å²) >= 11 is 0. The molecule has 75 heavy (non-hydrogen) atoms. The van der Waals surface area contributed by atoms with Gasteiger partial charge in [0.15, 0.2) is 0 Å². The third kappa shape index (κ3) is 73.4. The Kier molecular flexibility index (Phi) is 70.9. The van der Waals surface area contributed by atoms with Crippen molar-refractivity contribution in [1.82, 2.24) is 0 Å². The van der Waals surface area contributed by atoms with Crippen LogP contribution in [0.2, 0.25) is 0 Å². The van der Waals surface area contributed by atoms with Crippen LogP contribution in [0.1, 0.15) is 449 Å². The largest absolute Gasteiger partial charge is 0.481 e. The highest BCUT2D eigenvalue weighted by Gasteiger charge is 2.02. The average Bonchev–Trinajstić information content (AvgIpc) is 3.41. The number of rotatable bonds is 71. The normalized spacial score (nSPS) is 11.7. The SMILES string of the molecule is O=C(O)CCCCCCCCCCCCCCCCCCCCCCCCCCCCCCCCCCCCCCCCCCCCCCCCCCCCCCCCCCCCCCCCCCCCCCCO. The Morgan fingerprint density at radius 3 is 0.307 bits per heavy atom.